The predicted molar refractivity (Wildman–Crippen MR) is 178 cm³/mol. The molecule has 0 aromatic carbocycles. The zero-order valence-electron chi connectivity index (χ0n) is 27.6. The predicted octanol–water partition coefficient (Wildman–Crippen LogP) is 12.1. The van der Waals surface area contributed by atoms with Gasteiger partial charge in [-0.25, -0.2) is 4.57 Å². The fourth-order valence-electron chi connectivity index (χ4n) is 5.87. The Balaban J connectivity index is 3.06. The molecule has 0 saturated heterocycles. The van der Waals surface area contributed by atoms with Gasteiger partial charge in [-0.1, -0.05) is 193 Å². The van der Waals surface area contributed by atoms with Gasteiger partial charge in [0.1, 0.15) is 0 Å². The van der Waals surface area contributed by atoms with Crippen LogP contribution in [0.3, 0.4) is 0 Å². The molecule has 0 fully saturated rings. The zero-order chi connectivity index (χ0) is 30.8. The highest BCUT2D eigenvalue weighted by molar-refractivity contribution is 7.46. The van der Waals surface area contributed by atoms with E-state index in [-0.39, 0.29) is 6.61 Å². The molecule has 0 amide bonds. The third-order valence-corrected chi connectivity index (χ3v) is 9.06. The molecule has 0 radical (unpaired) electrons. The second-order valence-electron chi connectivity index (χ2n) is 12.8. The summed E-state index contributed by atoms with van der Waals surface area (Å²) >= 11 is 0. The van der Waals surface area contributed by atoms with Crippen molar-refractivity contribution in [3.8, 4) is 0 Å². The van der Waals surface area contributed by atoms with Gasteiger partial charge in [-0.2, -0.15) is 0 Å². The van der Waals surface area contributed by atoms with Crippen molar-refractivity contribution in [2.75, 3.05) is 6.61 Å². The molecular formula is C35H71O6P. The summed E-state index contributed by atoms with van der Waals surface area (Å²) in [5.41, 5.74) is 0. The second-order valence-corrected chi connectivity index (χ2v) is 14.0. The van der Waals surface area contributed by atoms with Gasteiger partial charge in [-0.3, -0.25) is 9.32 Å². The van der Waals surface area contributed by atoms with Gasteiger partial charge in [0.2, 0.25) is 0 Å². The van der Waals surface area contributed by atoms with Crippen LogP contribution in [-0.2, 0) is 13.9 Å². The Bertz CT molecular complexity index is 594. The molecule has 0 spiro atoms. The van der Waals surface area contributed by atoms with Crippen LogP contribution >= 0.6 is 7.82 Å². The van der Waals surface area contributed by atoms with Gasteiger partial charge in [0.15, 0.2) is 0 Å². The minimum Gasteiger partial charge on any atom is -0.481 e. The summed E-state index contributed by atoms with van der Waals surface area (Å²) < 4.78 is 15.0. The fraction of sp³-hybridized carbons (Fsp3) is 0.971. The second kappa shape index (κ2) is 33.5. The summed E-state index contributed by atoms with van der Waals surface area (Å²) in [5, 5.41) is 8.63. The van der Waals surface area contributed by atoms with E-state index in [4.69, 9.17) is 14.9 Å². The number of rotatable bonds is 36. The van der Waals surface area contributed by atoms with Crippen LogP contribution in [0.5, 0.6) is 0 Å². The number of phosphoric ester groups is 1. The molecule has 7 heteroatoms. The van der Waals surface area contributed by atoms with Crippen molar-refractivity contribution in [3.05, 3.63) is 0 Å². The van der Waals surface area contributed by atoms with E-state index in [0.717, 1.165) is 32.1 Å². The molecule has 0 heterocycles. The SMILES string of the molecule is O=C(O)CCCCCCCCCCCCCCCCCCCCCCCCCCCCCCCCCCOP(=O)(O)O. The molecule has 3 N–H and O–H groups in total. The molecule has 0 aliphatic heterocycles. The molecule has 0 bridgehead atoms. The van der Waals surface area contributed by atoms with E-state index in [2.05, 4.69) is 4.52 Å². The minimum atomic E-state index is -4.28. The van der Waals surface area contributed by atoms with E-state index in [1.807, 2.05) is 0 Å². The average Bonchev–Trinajstić information content (AvgIpc) is 2.94. The molecule has 0 saturated carbocycles. The van der Waals surface area contributed by atoms with Gasteiger partial charge in [-0.05, 0) is 12.8 Å². The first-order valence-electron chi connectivity index (χ1n) is 18.3. The molecule has 0 aliphatic carbocycles. The first-order chi connectivity index (χ1) is 20.4. The summed E-state index contributed by atoms with van der Waals surface area (Å²) in [5.74, 6) is -0.658. The molecule has 252 valence electrons. The molecular weight excluding hydrogens is 547 g/mol. The van der Waals surface area contributed by atoms with Crippen molar-refractivity contribution in [2.24, 2.45) is 0 Å². The monoisotopic (exact) mass is 618 g/mol. The largest absolute Gasteiger partial charge is 0.481 e. The minimum absolute atomic E-state index is 0.163. The van der Waals surface area contributed by atoms with Gasteiger partial charge >= 0.3 is 13.8 Å². The topological polar surface area (TPSA) is 104 Å². The van der Waals surface area contributed by atoms with Gasteiger partial charge in [-0.15, -0.1) is 0 Å². The molecule has 0 atom stereocenters. The van der Waals surface area contributed by atoms with E-state index in [1.165, 1.54) is 173 Å². The Hall–Kier alpha value is -0.420. The van der Waals surface area contributed by atoms with Crippen LogP contribution < -0.4 is 0 Å². The number of hydrogen-bond donors (Lipinski definition) is 3. The zero-order valence-corrected chi connectivity index (χ0v) is 28.4. The van der Waals surface area contributed by atoms with Crippen LogP contribution in [0.15, 0.2) is 0 Å². The van der Waals surface area contributed by atoms with E-state index in [9.17, 15) is 9.36 Å². The number of unbranched alkanes of at least 4 members (excludes halogenated alkanes) is 31. The molecule has 42 heavy (non-hydrogen) atoms. The van der Waals surface area contributed by atoms with Crippen LogP contribution in [0.25, 0.3) is 0 Å². The van der Waals surface area contributed by atoms with E-state index >= 15 is 0 Å². The highest BCUT2D eigenvalue weighted by atomic mass is 31.2. The average molecular weight is 619 g/mol. The smallest absolute Gasteiger partial charge is 0.469 e. The highest BCUT2D eigenvalue weighted by Crippen LogP contribution is 2.35. The summed E-state index contributed by atoms with van der Waals surface area (Å²) in [7, 11) is -4.28. The van der Waals surface area contributed by atoms with E-state index < -0.39 is 13.8 Å². The fourth-order valence-corrected chi connectivity index (χ4v) is 6.23. The van der Waals surface area contributed by atoms with Crippen LogP contribution in [-0.4, -0.2) is 27.5 Å². The maximum Gasteiger partial charge on any atom is 0.469 e. The molecule has 0 rings (SSSR count). The van der Waals surface area contributed by atoms with Crippen LogP contribution in [0.2, 0.25) is 0 Å². The lowest BCUT2D eigenvalue weighted by Crippen LogP contribution is -1.93. The highest BCUT2D eigenvalue weighted by Gasteiger charge is 2.12. The standard InChI is InChI=1S/C35H71O6P/c36-35(37)33-31-29-27-25-23-21-19-17-15-13-11-9-7-5-3-1-2-4-6-8-10-12-14-16-18-20-22-24-26-28-30-32-34-41-42(38,39)40/h1-34H2,(H,36,37)(H2,38,39,40). The lowest BCUT2D eigenvalue weighted by Gasteiger charge is -2.05. The van der Waals surface area contributed by atoms with E-state index in [1.54, 1.807) is 0 Å². The number of carboxylic acids is 1. The quantitative estimate of drug-likeness (QED) is 0.0476. The first kappa shape index (κ1) is 41.6. The lowest BCUT2D eigenvalue weighted by atomic mass is 10.0. The Labute approximate surface area is 260 Å². The first-order valence-corrected chi connectivity index (χ1v) is 19.9. The molecule has 0 aromatic heterocycles. The van der Waals surface area contributed by atoms with E-state index in [0.29, 0.717) is 6.42 Å². The van der Waals surface area contributed by atoms with Gasteiger partial charge < -0.3 is 14.9 Å². The molecule has 0 aromatic rings. The van der Waals surface area contributed by atoms with Crippen molar-refractivity contribution in [1.29, 1.82) is 0 Å². The van der Waals surface area contributed by atoms with Crippen LogP contribution in [0.4, 0.5) is 0 Å². The summed E-state index contributed by atoms with van der Waals surface area (Å²) in [6.45, 7) is 0.163. The third kappa shape index (κ3) is 39.6. The molecule has 6 nitrogen and oxygen atoms in total. The maximum absolute atomic E-state index is 10.6. The van der Waals surface area contributed by atoms with Gasteiger partial charge in [0, 0.05) is 6.42 Å². The Kier molecular flexibility index (Phi) is 33.1. The lowest BCUT2D eigenvalue weighted by molar-refractivity contribution is -0.137. The summed E-state index contributed by atoms with van der Waals surface area (Å²) in [6, 6.07) is 0. The van der Waals surface area contributed by atoms with Crippen molar-refractivity contribution < 1.29 is 28.8 Å². The number of phosphoric acid groups is 1. The number of hydrogen-bond acceptors (Lipinski definition) is 3. The Morgan fingerprint density at radius 3 is 0.762 bits per heavy atom. The maximum atomic E-state index is 10.6. The number of carbonyl (C=O) groups is 1. The Morgan fingerprint density at radius 1 is 0.381 bits per heavy atom. The Morgan fingerprint density at radius 2 is 0.571 bits per heavy atom. The normalized spacial score (nSPS) is 11.9. The molecule has 0 aliphatic rings. The van der Waals surface area contributed by atoms with Crippen molar-refractivity contribution in [2.45, 2.75) is 212 Å². The van der Waals surface area contributed by atoms with Crippen LogP contribution in [0, 0.1) is 0 Å². The van der Waals surface area contributed by atoms with Crippen molar-refractivity contribution in [1.82, 2.24) is 0 Å². The van der Waals surface area contributed by atoms with Gasteiger partial charge in [0.25, 0.3) is 0 Å². The van der Waals surface area contributed by atoms with Gasteiger partial charge in [0.05, 0.1) is 6.61 Å². The number of carboxylic acid groups (broad SMARTS) is 1. The third-order valence-electron chi connectivity index (χ3n) is 8.54. The molecule has 0 unspecified atom stereocenters. The summed E-state index contributed by atoms with van der Waals surface area (Å²) in [4.78, 5) is 27.7. The number of aliphatic carboxylic acids is 1. The summed E-state index contributed by atoms with van der Waals surface area (Å²) in [6.07, 6.45) is 42.4. The van der Waals surface area contributed by atoms with Crippen molar-refractivity contribution in [3.63, 3.8) is 0 Å². The van der Waals surface area contributed by atoms with Crippen LogP contribution in [0.1, 0.15) is 212 Å². The van der Waals surface area contributed by atoms with Crippen molar-refractivity contribution >= 4 is 13.8 Å².